The molecule has 3 nitrogen and oxygen atoms in total. The average Bonchev–Trinajstić information content (AvgIpc) is 2.83. The van der Waals surface area contributed by atoms with Gasteiger partial charge in [0, 0.05) is 5.41 Å². The fourth-order valence-electron chi connectivity index (χ4n) is 7.13. The van der Waals surface area contributed by atoms with Crippen LogP contribution in [0.5, 0.6) is 0 Å². The molecule has 0 bridgehead atoms. The third-order valence-electron chi connectivity index (χ3n) is 8.39. The molecule has 0 amide bonds. The molecular formula is C20H32O3. The van der Waals surface area contributed by atoms with Crippen LogP contribution in [-0.2, 0) is 0 Å². The molecule has 0 aromatic rings. The van der Waals surface area contributed by atoms with Crippen molar-refractivity contribution in [2.24, 2.45) is 34.5 Å². The van der Waals surface area contributed by atoms with E-state index < -0.39 is 0 Å². The maximum atomic E-state index is 10.6. The van der Waals surface area contributed by atoms with Gasteiger partial charge in [-0.1, -0.05) is 25.5 Å². The number of aliphatic hydroxyl groups is 3. The first kappa shape index (κ1) is 16.1. The minimum absolute atomic E-state index is 0.0848. The van der Waals surface area contributed by atoms with Gasteiger partial charge in [0.25, 0.3) is 0 Å². The Morgan fingerprint density at radius 2 is 1.87 bits per heavy atom. The van der Waals surface area contributed by atoms with Crippen LogP contribution in [0.2, 0.25) is 0 Å². The Morgan fingerprint density at radius 3 is 2.61 bits per heavy atom. The predicted octanol–water partition coefficient (Wildman–Crippen LogP) is 2.89. The van der Waals surface area contributed by atoms with Crippen molar-refractivity contribution in [3.63, 3.8) is 0 Å². The molecule has 0 aliphatic heterocycles. The Morgan fingerprint density at radius 1 is 1.09 bits per heavy atom. The van der Waals surface area contributed by atoms with Crippen LogP contribution in [0.15, 0.2) is 11.6 Å². The van der Waals surface area contributed by atoms with Crippen molar-refractivity contribution in [1.29, 1.82) is 0 Å². The van der Waals surface area contributed by atoms with Crippen LogP contribution in [0.3, 0.4) is 0 Å². The van der Waals surface area contributed by atoms with E-state index in [-0.39, 0.29) is 29.6 Å². The monoisotopic (exact) mass is 320 g/mol. The SMILES string of the molecule is C[C@@H]1CC2=C[C@H](O)CC[C@]2(CO)[C@H]2CC[C@]3(C)[C@@H](O)CC[C@H]3[C@H]12. The van der Waals surface area contributed by atoms with Gasteiger partial charge in [0.2, 0.25) is 0 Å². The second-order valence-corrected chi connectivity index (χ2v) is 9.22. The molecular weight excluding hydrogens is 288 g/mol. The quantitative estimate of drug-likeness (QED) is 0.651. The highest BCUT2D eigenvalue weighted by Crippen LogP contribution is 2.66. The van der Waals surface area contributed by atoms with E-state index in [2.05, 4.69) is 19.9 Å². The van der Waals surface area contributed by atoms with Gasteiger partial charge in [0.1, 0.15) is 0 Å². The fraction of sp³-hybridized carbons (Fsp3) is 0.900. The topological polar surface area (TPSA) is 60.7 Å². The molecule has 3 N–H and O–H groups in total. The van der Waals surface area contributed by atoms with Crippen molar-refractivity contribution >= 4 is 0 Å². The minimum atomic E-state index is -0.324. The van der Waals surface area contributed by atoms with Crippen molar-refractivity contribution in [3.8, 4) is 0 Å². The molecule has 8 atom stereocenters. The Labute approximate surface area is 139 Å². The fourth-order valence-corrected chi connectivity index (χ4v) is 7.13. The van der Waals surface area contributed by atoms with Crippen LogP contribution < -0.4 is 0 Å². The number of fused-ring (bicyclic) bond motifs is 5. The first-order valence-corrected chi connectivity index (χ1v) is 9.60. The minimum Gasteiger partial charge on any atom is -0.395 e. The number of aliphatic hydroxyl groups excluding tert-OH is 3. The second-order valence-electron chi connectivity index (χ2n) is 9.22. The molecule has 4 aliphatic rings. The van der Waals surface area contributed by atoms with Gasteiger partial charge in [-0.15, -0.1) is 0 Å². The van der Waals surface area contributed by atoms with Gasteiger partial charge in [0.05, 0.1) is 18.8 Å². The van der Waals surface area contributed by atoms with Gasteiger partial charge in [-0.05, 0) is 74.0 Å². The Bertz CT molecular complexity index is 515. The summed E-state index contributed by atoms with van der Waals surface area (Å²) in [6.45, 7) is 4.89. The van der Waals surface area contributed by atoms with Crippen molar-refractivity contribution in [1.82, 2.24) is 0 Å². The zero-order valence-electron chi connectivity index (χ0n) is 14.5. The molecule has 3 heteroatoms. The third-order valence-corrected chi connectivity index (χ3v) is 8.39. The Kier molecular flexibility index (Phi) is 3.72. The largest absolute Gasteiger partial charge is 0.395 e. The smallest absolute Gasteiger partial charge is 0.0724 e. The predicted molar refractivity (Wildman–Crippen MR) is 89.7 cm³/mol. The van der Waals surface area contributed by atoms with E-state index in [4.69, 9.17) is 0 Å². The van der Waals surface area contributed by atoms with E-state index in [1.54, 1.807) is 0 Å². The van der Waals surface area contributed by atoms with Crippen LogP contribution in [0.1, 0.15) is 58.8 Å². The first-order valence-electron chi connectivity index (χ1n) is 9.60. The molecule has 0 aromatic carbocycles. The van der Waals surface area contributed by atoms with Gasteiger partial charge in [-0.2, -0.15) is 0 Å². The molecule has 0 saturated heterocycles. The molecule has 0 unspecified atom stereocenters. The summed E-state index contributed by atoms with van der Waals surface area (Å²) in [7, 11) is 0. The molecule has 23 heavy (non-hydrogen) atoms. The molecule has 0 heterocycles. The van der Waals surface area contributed by atoms with Crippen molar-refractivity contribution in [2.75, 3.05) is 6.61 Å². The van der Waals surface area contributed by atoms with E-state index >= 15 is 0 Å². The summed E-state index contributed by atoms with van der Waals surface area (Å²) in [6, 6.07) is 0. The summed E-state index contributed by atoms with van der Waals surface area (Å²) < 4.78 is 0. The number of hydrogen-bond donors (Lipinski definition) is 3. The molecule has 130 valence electrons. The average molecular weight is 320 g/mol. The molecule has 3 fully saturated rings. The van der Waals surface area contributed by atoms with Crippen LogP contribution in [-0.4, -0.2) is 34.1 Å². The van der Waals surface area contributed by atoms with E-state index in [1.165, 1.54) is 5.57 Å². The molecule has 4 aliphatic carbocycles. The van der Waals surface area contributed by atoms with Gasteiger partial charge < -0.3 is 15.3 Å². The maximum Gasteiger partial charge on any atom is 0.0724 e. The third kappa shape index (κ3) is 2.06. The van der Waals surface area contributed by atoms with Crippen LogP contribution in [0.4, 0.5) is 0 Å². The summed E-state index contributed by atoms with van der Waals surface area (Å²) in [5, 5.41) is 31.0. The highest BCUT2D eigenvalue weighted by molar-refractivity contribution is 5.27. The van der Waals surface area contributed by atoms with Gasteiger partial charge in [-0.25, -0.2) is 0 Å². The second kappa shape index (κ2) is 5.31. The summed E-state index contributed by atoms with van der Waals surface area (Å²) >= 11 is 0. The number of rotatable bonds is 1. The lowest BCUT2D eigenvalue weighted by Crippen LogP contribution is -2.56. The van der Waals surface area contributed by atoms with Gasteiger partial charge in [-0.3, -0.25) is 0 Å². The zero-order chi connectivity index (χ0) is 16.4. The van der Waals surface area contributed by atoms with Gasteiger partial charge in [0.15, 0.2) is 0 Å². The molecule has 0 radical (unpaired) electrons. The van der Waals surface area contributed by atoms with Gasteiger partial charge >= 0.3 is 0 Å². The van der Waals surface area contributed by atoms with E-state index in [0.717, 1.165) is 44.9 Å². The van der Waals surface area contributed by atoms with E-state index in [1.807, 2.05) is 0 Å². The van der Waals surface area contributed by atoms with E-state index in [9.17, 15) is 15.3 Å². The highest BCUT2D eigenvalue weighted by Gasteiger charge is 2.61. The summed E-state index contributed by atoms with van der Waals surface area (Å²) in [5.41, 5.74) is 1.32. The standard InChI is InChI=1S/C20H32O3/c1-12-9-13-10-14(22)5-8-20(13,11-21)16-6-7-19(2)15(18(12)16)3-4-17(19)23/h10,12,14-18,21-23H,3-9,11H2,1-2H3/t12-,14-,15+,16+,17+,18+,19+,20-/m1/s1. The molecule has 0 aromatic heterocycles. The Balaban J connectivity index is 1.75. The lowest BCUT2D eigenvalue weighted by molar-refractivity contribution is -0.111. The molecule has 3 saturated carbocycles. The first-order chi connectivity index (χ1) is 10.9. The van der Waals surface area contributed by atoms with Crippen LogP contribution in [0.25, 0.3) is 0 Å². The molecule has 0 spiro atoms. The molecule has 4 rings (SSSR count). The highest BCUT2D eigenvalue weighted by atomic mass is 16.3. The summed E-state index contributed by atoms with van der Waals surface area (Å²) in [5.74, 6) is 2.33. The number of hydrogen-bond acceptors (Lipinski definition) is 3. The Hall–Kier alpha value is -0.380. The normalized spacial score (nSPS) is 55.6. The maximum absolute atomic E-state index is 10.6. The zero-order valence-corrected chi connectivity index (χ0v) is 14.5. The van der Waals surface area contributed by atoms with Crippen molar-refractivity contribution < 1.29 is 15.3 Å². The van der Waals surface area contributed by atoms with Crippen molar-refractivity contribution in [2.45, 2.75) is 71.0 Å². The summed E-state index contributed by atoms with van der Waals surface area (Å²) in [6.07, 6.45) is 8.62. The van der Waals surface area contributed by atoms with E-state index in [0.29, 0.717) is 23.7 Å². The van der Waals surface area contributed by atoms with Crippen LogP contribution in [0, 0.1) is 34.5 Å². The lowest BCUT2D eigenvalue weighted by Gasteiger charge is -2.60. The summed E-state index contributed by atoms with van der Waals surface area (Å²) in [4.78, 5) is 0. The van der Waals surface area contributed by atoms with Crippen molar-refractivity contribution in [3.05, 3.63) is 11.6 Å². The van der Waals surface area contributed by atoms with Crippen LogP contribution >= 0.6 is 0 Å². The lowest BCUT2D eigenvalue weighted by atomic mass is 9.45.